The van der Waals surface area contributed by atoms with E-state index in [1.54, 1.807) is 6.33 Å². The molecular formula is C13H18ClN5O. The molecule has 0 aliphatic heterocycles. The van der Waals surface area contributed by atoms with Crippen LogP contribution >= 0.6 is 11.6 Å². The lowest BCUT2D eigenvalue weighted by molar-refractivity contribution is -0.116. The van der Waals surface area contributed by atoms with E-state index in [1.807, 2.05) is 32.3 Å². The first-order valence-corrected chi connectivity index (χ1v) is 6.91. The van der Waals surface area contributed by atoms with Gasteiger partial charge >= 0.3 is 0 Å². The first-order valence-electron chi connectivity index (χ1n) is 6.54. The molecule has 0 unspecified atom stereocenters. The van der Waals surface area contributed by atoms with Gasteiger partial charge in [-0.1, -0.05) is 6.92 Å². The molecule has 0 aliphatic carbocycles. The molecule has 0 spiro atoms. The molecule has 2 rings (SSSR count). The van der Waals surface area contributed by atoms with Gasteiger partial charge < -0.3 is 9.88 Å². The normalized spacial score (nSPS) is 11.8. The lowest BCUT2D eigenvalue weighted by Gasteiger charge is -2.20. The van der Waals surface area contributed by atoms with Crippen LogP contribution in [0.3, 0.4) is 0 Å². The molecule has 108 valence electrons. The quantitative estimate of drug-likeness (QED) is 0.884. The molecule has 2 aromatic heterocycles. The lowest BCUT2D eigenvalue weighted by Crippen LogP contribution is -2.21. The molecule has 1 amide bonds. The van der Waals surface area contributed by atoms with Gasteiger partial charge in [0, 0.05) is 12.0 Å². The number of fused-ring (bicyclic) bond motifs is 1. The minimum Gasteiger partial charge on any atom is -0.310 e. The number of carbonyl (C=O) groups excluding carboxylic acids is 1. The Morgan fingerprint density at radius 1 is 1.40 bits per heavy atom. The molecule has 20 heavy (non-hydrogen) atoms. The second-order valence-corrected chi connectivity index (χ2v) is 5.94. The average Bonchev–Trinajstić information content (AvgIpc) is 2.72. The van der Waals surface area contributed by atoms with Crippen molar-refractivity contribution in [1.82, 2.24) is 19.5 Å². The minimum atomic E-state index is -0.183. The van der Waals surface area contributed by atoms with Crippen LogP contribution in [0.4, 0.5) is 5.82 Å². The maximum atomic E-state index is 11.7. The molecule has 2 heterocycles. The highest BCUT2D eigenvalue weighted by atomic mass is 35.5. The van der Waals surface area contributed by atoms with Gasteiger partial charge in [-0.05, 0) is 38.8 Å². The van der Waals surface area contributed by atoms with Crippen LogP contribution in [0.2, 0.25) is 5.28 Å². The Hall–Kier alpha value is -1.69. The van der Waals surface area contributed by atoms with Gasteiger partial charge in [0.1, 0.15) is 0 Å². The smallest absolute Gasteiger partial charge is 0.226 e. The number of amides is 1. The Morgan fingerprint density at radius 2 is 2.10 bits per heavy atom. The summed E-state index contributed by atoms with van der Waals surface area (Å²) >= 11 is 5.95. The number of carbonyl (C=O) groups is 1. The van der Waals surface area contributed by atoms with Crippen molar-refractivity contribution < 1.29 is 4.79 Å². The zero-order valence-electron chi connectivity index (χ0n) is 12.1. The van der Waals surface area contributed by atoms with Crippen molar-refractivity contribution in [3.8, 4) is 0 Å². The number of aromatic nitrogens is 4. The number of rotatable bonds is 3. The fraction of sp³-hybridized carbons (Fsp3) is 0.538. The second kappa shape index (κ2) is 5.36. The third-order valence-electron chi connectivity index (χ3n) is 2.83. The Balaban J connectivity index is 2.51. The Bertz CT molecular complexity index is 644. The summed E-state index contributed by atoms with van der Waals surface area (Å²) in [5, 5.41) is 2.83. The summed E-state index contributed by atoms with van der Waals surface area (Å²) in [6.07, 6.45) is 2.89. The monoisotopic (exact) mass is 295 g/mol. The molecule has 0 aliphatic rings. The first-order chi connectivity index (χ1) is 9.32. The van der Waals surface area contributed by atoms with E-state index in [9.17, 15) is 4.79 Å². The predicted molar refractivity (Wildman–Crippen MR) is 78.9 cm³/mol. The maximum Gasteiger partial charge on any atom is 0.226 e. The van der Waals surface area contributed by atoms with Crippen molar-refractivity contribution in [2.45, 2.75) is 46.1 Å². The maximum absolute atomic E-state index is 11.7. The summed E-state index contributed by atoms with van der Waals surface area (Å²) in [6, 6.07) is 0. The van der Waals surface area contributed by atoms with E-state index >= 15 is 0 Å². The molecule has 2 aromatic rings. The highest BCUT2D eigenvalue weighted by Gasteiger charge is 2.20. The molecule has 0 saturated heterocycles. The van der Waals surface area contributed by atoms with Crippen LogP contribution in [0.25, 0.3) is 11.2 Å². The van der Waals surface area contributed by atoms with E-state index in [-0.39, 0.29) is 16.7 Å². The number of halogens is 1. The topological polar surface area (TPSA) is 72.7 Å². The van der Waals surface area contributed by atoms with Crippen molar-refractivity contribution in [3.63, 3.8) is 0 Å². The van der Waals surface area contributed by atoms with E-state index in [4.69, 9.17) is 11.6 Å². The molecule has 1 N–H and O–H groups in total. The standard InChI is InChI=1S/C13H18ClN5O/c1-5-6-8(20)16-10-9-11(18-12(14)17-10)19(7-15-9)13(2,3)4/h7H,5-6H2,1-4H3,(H,16,17,18,20). The zero-order chi connectivity index (χ0) is 14.9. The van der Waals surface area contributed by atoms with E-state index < -0.39 is 0 Å². The van der Waals surface area contributed by atoms with Gasteiger partial charge in [0.05, 0.1) is 6.33 Å². The van der Waals surface area contributed by atoms with Crippen molar-refractivity contribution >= 4 is 34.5 Å². The Morgan fingerprint density at radius 3 is 2.70 bits per heavy atom. The number of hydrogen-bond acceptors (Lipinski definition) is 4. The van der Waals surface area contributed by atoms with E-state index in [0.29, 0.717) is 23.4 Å². The van der Waals surface area contributed by atoms with Crippen LogP contribution in [0.5, 0.6) is 0 Å². The van der Waals surface area contributed by atoms with Crippen LogP contribution in [0.1, 0.15) is 40.5 Å². The molecule has 6 nitrogen and oxygen atoms in total. The van der Waals surface area contributed by atoms with Gasteiger partial charge in [-0.2, -0.15) is 9.97 Å². The summed E-state index contributed by atoms with van der Waals surface area (Å²) in [7, 11) is 0. The highest BCUT2D eigenvalue weighted by Crippen LogP contribution is 2.25. The first kappa shape index (κ1) is 14.7. The fourth-order valence-corrected chi connectivity index (χ4v) is 2.04. The van der Waals surface area contributed by atoms with E-state index in [1.165, 1.54) is 0 Å². The van der Waals surface area contributed by atoms with Crippen LogP contribution in [-0.4, -0.2) is 25.4 Å². The highest BCUT2D eigenvalue weighted by molar-refractivity contribution is 6.28. The third kappa shape index (κ3) is 2.90. The van der Waals surface area contributed by atoms with Crippen LogP contribution < -0.4 is 5.32 Å². The molecular weight excluding hydrogens is 278 g/mol. The number of hydrogen-bond donors (Lipinski definition) is 1. The molecule has 0 bridgehead atoms. The number of nitrogens with one attached hydrogen (secondary N) is 1. The minimum absolute atomic E-state index is 0.0929. The summed E-state index contributed by atoms with van der Waals surface area (Å²) < 4.78 is 1.91. The molecule has 0 atom stereocenters. The average molecular weight is 296 g/mol. The predicted octanol–water partition coefficient (Wildman–Crippen LogP) is 2.97. The van der Waals surface area contributed by atoms with E-state index in [0.717, 1.165) is 6.42 Å². The van der Waals surface area contributed by atoms with E-state index in [2.05, 4.69) is 20.3 Å². The Labute approximate surface area is 122 Å². The molecule has 0 fully saturated rings. The second-order valence-electron chi connectivity index (χ2n) is 5.60. The SMILES string of the molecule is CCCC(=O)Nc1nc(Cl)nc2c1ncn2C(C)(C)C. The Kier molecular flexibility index (Phi) is 3.94. The van der Waals surface area contributed by atoms with Crippen molar-refractivity contribution in [3.05, 3.63) is 11.6 Å². The largest absolute Gasteiger partial charge is 0.310 e. The van der Waals surface area contributed by atoms with Crippen molar-refractivity contribution in [2.24, 2.45) is 0 Å². The third-order valence-corrected chi connectivity index (χ3v) is 3.00. The van der Waals surface area contributed by atoms with Gasteiger partial charge in [0.2, 0.25) is 11.2 Å². The van der Waals surface area contributed by atoms with Crippen LogP contribution in [0.15, 0.2) is 6.33 Å². The molecule has 0 radical (unpaired) electrons. The number of imidazole rings is 1. The molecule has 0 saturated carbocycles. The van der Waals surface area contributed by atoms with Gasteiger partial charge in [-0.3, -0.25) is 4.79 Å². The van der Waals surface area contributed by atoms with Gasteiger partial charge in [0.25, 0.3) is 0 Å². The fourth-order valence-electron chi connectivity index (χ4n) is 1.87. The molecule has 7 heteroatoms. The zero-order valence-corrected chi connectivity index (χ0v) is 12.8. The lowest BCUT2D eigenvalue weighted by atomic mass is 10.1. The summed E-state index contributed by atoms with van der Waals surface area (Å²) in [4.78, 5) is 24.3. The molecule has 0 aromatic carbocycles. The van der Waals surface area contributed by atoms with Gasteiger partial charge in [-0.15, -0.1) is 0 Å². The summed E-state index contributed by atoms with van der Waals surface area (Å²) in [5.74, 6) is 0.260. The van der Waals surface area contributed by atoms with Gasteiger partial charge in [-0.25, -0.2) is 4.98 Å². The summed E-state index contributed by atoms with van der Waals surface area (Å²) in [6.45, 7) is 8.06. The van der Waals surface area contributed by atoms with Crippen LogP contribution in [-0.2, 0) is 10.3 Å². The number of nitrogens with zero attached hydrogens (tertiary/aromatic N) is 4. The van der Waals surface area contributed by atoms with Gasteiger partial charge in [0.15, 0.2) is 17.0 Å². The van der Waals surface area contributed by atoms with Crippen LogP contribution in [0, 0.1) is 0 Å². The summed E-state index contributed by atoms with van der Waals surface area (Å²) in [5.41, 5.74) is 0.981. The van der Waals surface area contributed by atoms with Crippen molar-refractivity contribution in [1.29, 1.82) is 0 Å². The van der Waals surface area contributed by atoms with Crippen molar-refractivity contribution in [2.75, 3.05) is 5.32 Å². The number of anilines is 1.